The van der Waals surface area contributed by atoms with Gasteiger partial charge in [0.25, 0.3) is 0 Å². The molecule has 0 spiro atoms. The minimum atomic E-state index is 0.575. The Balaban J connectivity index is 2.23. The Morgan fingerprint density at radius 2 is 2.25 bits per heavy atom. The van der Waals surface area contributed by atoms with Gasteiger partial charge in [-0.2, -0.15) is 0 Å². The molecule has 0 unspecified atom stereocenters. The highest BCUT2D eigenvalue weighted by molar-refractivity contribution is 8.02. The molecule has 16 heavy (non-hydrogen) atoms. The largest absolute Gasteiger partial charge is 0.352 e. The summed E-state index contributed by atoms with van der Waals surface area (Å²) in [7, 11) is 0. The Hall–Kier alpha value is -1.81. The van der Waals surface area contributed by atoms with Crippen molar-refractivity contribution in [3.05, 3.63) is 46.1 Å². The highest BCUT2D eigenvalue weighted by atomic mass is 32.2. The molecule has 0 fully saturated rings. The number of hydrogen-bond acceptors (Lipinski definition) is 4. The number of allylic oxidation sites excluding steroid dienone is 2. The van der Waals surface area contributed by atoms with E-state index in [0.717, 1.165) is 27.4 Å². The highest BCUT2D eigenvalue weighted by Crippen LogP contribution is 2.18. The summed E-state index contributed by atoms with van der Waals surface area (Å²) < 4.78 is 0. The van der Waals surface area contributed by atoms with Crippen molar-refractivity contribution in [1.29, 1.82) is 0 Å². The second kappa shape index (κ2) is 3.64. The summed E-state index contributed by atoms with van der Waals surface area (Å²) in [5.41, 5.74) is 1.51. The zero-order valence-electron chi connectivity index (χ0n) is 8.31. The second-order valence-corrected chi connectivity index (χ2v) is 4.42. The molecule has 0 aromatic heterocycles. The number of anilines is 1. The lowest BCUT2D eigenvalue weighted by atomic mass is 10.1. The van der Waals surface area contributed by atoms with Gasteiger partial charge in [0.15, 0.2) is 6.29 Å². The molecule has 0 atom stereocenters. The first kappa shape index (κ1) is 9.42. The van der Waals surface area contributed by atoms with Crippen molar-refractivity contribution < 1.29 is 4.79 Å². The van der Waals surface area contributed by atoms with Crippen LogP contribution in [0, 0.1) is 0 Å². The van der Waals surface area contributed by atoms with Gasteiger partial charge in [-0.05, 0) is 28.8 Å². The van der Waals surface area contributed by atoms with Crippen LogP contribution < -0.4 is 15.9 Å². The molecule has 4 heteroatoms. The number of benzene rings is 1. The van der Waals surface area contributed by atoms with Crippen molar-refractivity contribution in [1.82, 2.24) is 0 Å². The van der Waals surface area contributed by atoms with E-state index >= 15 is 0 Å². The fraction of sp³-hybridized carbons (Fsp3) is 0. The summed E-state index contributed by atoms with van der Waals surface area (Å²) in [5.74, 6) is 0. The van der Waals surface area contributed by atoms with Gasteiger partial charge in [-0.1, -0.05) is 17.8 Å². The van der Waals surface area contributed by atoms with Gasteiger partial charge in [-0.3, -0.25) is 9.79 Å². The lowest BCUT2D eigenvalue weighted by Crippen LogP contribution is -2.21. The molecule has 2 aliphatic rings. The van der Waals surface area contributed by atoms with Gasteiger partial charge in [0.2, 0.25) is 0 Å². The van der Waals surface area contributed by atoms with Crippen LogP contribution in [0.1, 0.15) is 0 Å². The number of carbonyl (C=O) groups is 1. The van der Waals surface area contributed by atoms with Crippen LogP contribution in [0.5, 0.6) is 0 Å². The number of nitrogens with one attached hydrogen (secondary N) is 1. The first-order valence-electron chi connectivity index (χ1n) is 4.84. The molecule has 0 bridgehead atoms. The summed E-state index contributed by atoms with van der Waals surface area (Å²) >= 11 is 1.66. The zero-order valence-corrected chi connectivity index (χ0v) is 9.12. The number of hydrogen-bond donors (Lipinski definition) is 1. The van der Waals surface area contributed by atoms with Crippen LogP contribution in [0.25, 0.3) is 6.08 Å². The molecule has 78 valence electrons. The average Bonchev–Trinajstić information content (AvgIpc) is 2.35. The number of rotatable bonds is 1. The molecular formula is C12H8N2OS. The third-order valence-electron chi connectivity index (χ3n) is 2.45. The van der Waals surface area contributed by atoms with Crippen LogP contribution in [0.4, 0.5) is 5.69 Å². The third kappa shape index (κ3) is 1.47. The molecule has 0 amide bonds. The Morgan fingerprint density at radius 3 is 3.12 bits per heavy atom. The van der Waals surface area contributed by atoms with Crippen LogP contribution in [0.3, 0.4) is 0 Å². The first-order chi connectivity index (χ1) is 7.86. The minimum absolute atomic E-state index is 0.575. The van der Waals surface area contributed by atoms with Crippen molar-refractivity contribution in [2.24, 2.45) is 4.99 Å². The van der Waals surface area contributed by atoms with E-state index in [4.69, 9.17) is 0 Å². The summed E-state index contributed by atoms with van der Waals surface area (Å²) in [6.45, 7) is 0. The fourth-order valence-electron chi connectivity index (χ4n) is 1.69. The van der Waals surface area contributed by atoms with Gasteiger partial charge in [-0.25, -0.2) is 0 Å². The lowest BCUT2D eigenvalue weighted by Gasteiger charge is -2.12. The van der Waals surface area contributed by atoms with Crippen LogP contribution in [0.2, 0.25) is 0 Å². The van der Waals surface area contributed by atoms with Gasteiger partial charge in [0.1, 0.15) is 0 Å². The molecule has 0 saturated heterocycles. The average molecular weight is 228 g/mol. The molecule has 0 saturated carbocycles. The summed E-state index contributed by atoms with van der Waals surface area (Å²) in [4.78, 5) is 16.1. The van der Waals surface area contributed by atoms with Gasteiger partial charge in [0, 0.05) is 16.8 Å². The van der Waals surface area contributed by atoms with Gasteiger partial charge >= 0.3 is 0 Å². The molecule has 1 aromatic rings. The Morgan fingerprint density at radius 1 is 1.31 bits per heavy atom. The zero-order chi connectivity index (χ0) is 11.0. The van der Waals surface area contributed by atoms with Gasteiger partial charge < -0.3 is 5.32 Å². The molecule has 2 aliphatic heterocycles. The maximum absolute atomic E-state index is 10.7. The van der Waals surface area contributed by atoms with E-state index in [1.54, 1.807) is 24.0 Å². The number of fused-ring (bicyclic) bond motifs is 2. The van der Waals surface area contributed by atoms with E-state index < -0.39 is 0 Å². The third-order valence-corrected chi connectivity index (χ3v) is 3.29. The standard InChI is InChI=1S/C12H8N2OS/c15-7-9-2-1-8-5-12-11(6-10(8)14-9)13-3-4-16-12/h1-7,14H. The van der Waals surface area contributed by atoms with E-state index in [9.17, 15) is 4.79 Å². The maximum atomic E-state index is 10.7. The van der Waals surface area contributed by atoms with Gasteiger partial charge in [-0.15, -0.1) is 0 Å². The topological polar surface area (TPSA) is 41.5 Å². The van der Waals surface area contributed by atoms with Gasteiger partial charge in [0.05, 0.1) is 11.1 Å². The lowest BCUT2D eigenvalue weighted by molar-refractivity contribution is -0.104. The number of nitrogens with zero attached hydrogens (tertiary/aromatic N) is 1. The van der Waals surface area contributed by atoms with Crippen molar-refractivity contribution in [3.63, 3.8) is 0 Å². The molecule has 2 heterocycles. The normalized spacial score (nSPS) is 15.9. The predicted octanol–water partition coefficient (Wildman–Crippen LogP) is 1.17. The van der Waals surface area contributed by atoms with Crippen LogP contribution in [-0.2, 0) is 4.79 Å². The van der Waals surface area contributed by atoms with Crippen LogP contribution in [0.15, 0.2) is 45.4 Å². The number of aldehydes is 1. The number of thioether (sulfide) groups is 1. The molecule has 3 nitrogen and oxygen atoms in total. The van der Waals surface area contributed by atoms with Crippen molar-refractivity contribution >= 4 is 29.8 Å². The summed E-state index contributed by atoms with van der Waals surface area (Å²) in [6.07, 6.45) is 6.31. The summed E-state index contributed by atoms with van der Waals surface area (Å²) in [6, 6.07) is 4.04. The molecular weight excluding hydrogens is 220 g/mol. The molecule has 0 radical (unpaired) electrons. The SMILES string of the molecule is O=CC1=CC=c2cc3c(cc2N1)=NC=CS3. The predicted molar refractivity (Wildman–Crippen MR) is 64.5 cm³/mol. The number of carbonyl (C=O) groups excluding carboxylic acids is 1. The van der Waals surface area contributed by atoms with Crippen molar-refractivity contribution in [3.8, 4) is 0 Å². The van der Waals surface area contributed by atoms with E-state index in [1.807, 2.05) is 17.6 Å². The van der Waals surface area contributed by atoms with E-state index in [1.165, 1.54) is 0 Å². The molecule has 1 N–H and O–H groups in total. The maximum Gasteiger partial charge on any atom is 0.166 e. The molecule has 0 aliphatic carbocycles. The molecule has 3 rings (SSSR count). The highest BCUT2D eigenvalue weighted by Gasteiger charge is 2.07. The smallest absolute Gasteiger partial charge is 0.166 e. The first-order valence-corrected chi connectivity index (χ1v) is 5.72. The van der Waals surface area contributed by atoms with Crippen LogP contribution in [-0.4, -0.2) is 6.29 Å². The van der Waals surface area contributed by atoms with E-state index in [0.29, 0.717) is 5.70 Å². The van der Waals surface area contributed by atoms with Crippen molar-refractivity contribution in [2.75, 3.05) is 5.32 Å². The minimum Gasteiger partial charge on any atom is -0.352 e. The Bertz CT molecular complexity index is 644. The second-order valence-electron chi connectivity index (χ2n) is 3.47. The quantitative estimate of drug-likeness (QED) is 0.734. The van der Waals surface area contributed by atoms with E-state index in [2.05, 4.69) is 16.4 Å². The monoisotopic (exact) mass is 228 g/mol. The fourth-order valence-corrected chi connectivity index (χ4v) is 2.38. The van der Waals surface area contributed by atoms with Crippen LogP contribution >= 0.6 is 11.8 Å². The molecule has 1 aromatic carbocycles. The Kier molecular flexibility index (Phi) is 2.15. The van der Waals surface area contributed by atoms with E-state index in [-0.39, 0.29) is 0 Å². The Labute approximate surface area is 96.3 Å². The van der Waals surface area contributed by atoms with Crippen molar-refractivity contribution in [2.45, 2.75) is 4.90 Å². The summed E-state index contributed by atoms with van der Waals surface area (Å²) in [5, 5.41) is 7.05.